The first-order chi connectivity index (χ1) is 15.7. The Morgan fingerprint density at radius 1 is 1.03 bits per heavy atom. The number of sulfonamides is 1. The molecule has 0 fully saturated rings. The van der Waals surface area contributed by atoms with Crippen LogP contribution in [0.3, 0.4) is 0 Å². The first-order valence-electron chi connectivity index (χ1n) is 11.1. The number of halogens is 1. The van der Waals surface area contributed by atoms with E-state index in [0.29, 0.717) is 17.1 Å². The van der Waals surface area contributed by atoms with E-state index in [1.807, 2.05) is 34.6 Å². The topological polar surface area (TPSA) is 86.8 Å². The molecule has 0 spiro atoms. The first-order valence-corrected chi connectivity index (χ1v) is 13.3. The second-order valence-corrected chi connectivity index (χ2v) is 11.8. The highest BCUT2D eigenvalue weighted by Gasteiger charge is 2.33. The minimum absolute atomic E-state index is 0.136. The Morgan fingerprint density at radius 2 is 1.59 bits per heavy atom. The fourth-order valence-electron chi connectivity index (χ4n) is 3.48. The van der Waals surface area contributed by atoms with E-state index in [1.165, 1.54) is 4.90 Å². The Bertz CT molecular complexity index is 1090. The molecule has 0 radical (unpaired) electrons. The predicted octanol–water partition coefficient (Wildman–Crippen LogP) is 4.14. The summed E-state index contributed by atoms with van der Waals surface area (Å²) in [5.74, 6) is -0.768. The third-order valence-corrected chi connectivity index (χ3v) is 6.54. The van der Waals surface area contributed by atoms with Gasteiger partial charge in [0.1, 0.15) is 12.6 Å². The summed E-state index contributed by atoms with van der Waals surface area (Å²) in [6, 6.07) is 13.1. The van der Waals surface area contributed by atoms with Crippen LogP contribution in [0.25, 0.3) is 0 Å². The number of hydrogen-bond acceptors (Lipinski definition) is 4. The molecule has 0 unspecified atom stereocenters. The first kappa shape index (κ1) is 27.7. The van der Waals surface area contributed by atoms with Crippen molar-refractivity contribution in [3.8, 4) is 0 Å². The van der Waals surface area contributed by atoms with Crippen molar-refractivity contribution in [2.75, 3.05) is 17.1 Å². The summed E-state index contributed by atoms with van der Waals surface area (Å²) in [6.45, 7) is 9.03. The maximum atomic E-state index is 13.6. The average molecular weight is 508 g/mol. The van der Waals surface area contributed by atoms with Gasteiger partial charge in [0.2, 0.25) is 21.8 Å². The van der Waals surface area contributed by atoms with Crippen LogP contribution in [0.4, 0.5) is 5.69 Å². The van der Waals surface area contributed by atoms with Gasteiger partial charge in [0, 0.05) is 17.1 Å². The Balaban J connectivity index is 2.43. The molecule has 2 amide bonds. The zero-order valence-electron chi connectivity index (χ0n) is 20.6. The molecule has 0 aliphatic heterocycles. The number of rotatable bonds is 9. The van der Waals surface area contributed by atoms with E-state index in [9.17, 15) is 18.0 Å². The molecular weight excluding hydrogens is 474 g/mol. The van der Waals surface area contributed by atoms with E-state index in [1.54, 1.807) is 48.5 Å². The number of hydrogen-bond donors (Lipinski definition) is 1. The van der Waals surface area contributed by atoms with Gasteiger partial charge in [-0.25, -0.2) is 8.42 Å². The van der Waals surface area contributed by atoms with Crippen molar-refractivity contribution in [2.45, 2.75) is 59.2 Å². The summed E-state index contributed by atoms with van der Waals surface area (Å²) in [6.07, 6.45) is 1.43. The average Bonchev–Trinajstić information content (AvgIpc) is 2.72. The highest BCUT2D eigenvalue weighted by atomic mass is 35.5. The van der Waals surface area contributed by atoms with E-state index in [0.717, 1.165) is 21.7 Å². The van der Waals surface area contributed by atoms with Crippen molar-refractivity contribution in [2.24, 2.45) is 0 Å². The van der Waals surface area contributed by atoms with Crippen LogP contribution < -0.4 is 9.62 Å². The van der Waals surface area contributed by atoms with Gasteiger partial charge in [-0.15, -0.1) is 0 Å². The van der Waals surface area contributed by atoms with Gasteiger partial charge in [0.25, 0.3) is 0 Å². The molecule has 0 saturated carbocycles. The Hall–Kier alpha value is -2.58. The molecule has 0 bridgehead atoms. The molecule has 0 aliphatic rings. The fourth-order valence-corrected chi connectivity index (χ4v) is 4.46. The second-order valence-electron chi connectivity index (χ2n) is 9.42. The van der Waals surface area contributed by atoms with Crippen LogP contribution in [0.2, 0.25) is 5.02 Å². The highest BCUT2D eigenvalue weighted by molar-refractivity contribution is 7.92. The third-order valence-electron chi connectivity index (χ3n) is 5.15. The maximum absolute atomic E-state index is 13.6. The van der Waals surface area contributed by atoms with Gasteiger partial charge in [-0.2, -0.15) is 0 Å². The van der Waals surface area contributed by atoms with Gasteiger partial charge < -0.3 is 10.2 Å². The lowest BCUT2D eigenvalue weighted by atomic mass is 10.1. The summed E-state index contributed by atoms with van der Waals surface area (Å²) in [7, 11) is -3.75. The molecule has 2 aromatic carbocycles. The molecule has 1 atom stereocenters. The molecule has 0 aromatic heterocycles. The Labute approximate surface area is 208 Å². The molecule has 0 saturated heterocycles. The molecule has 34 heavy (non-hydrogen) atoms. The summed E-state index contributed by atoms with van der Waals surface area (Å²) >= 11 is 6.00. The van der Waals surface area contributed by atoms with E-state index in [2.05, 4.69) is 5.32 Å². The smallest absolute Gasteiger partial charge is 0.244 e. The van der Waals surface area contributed by atoms with Gasteiger partial charge in [0.05, 0.1) is 11.9 Å². The number of aryl methyl sites for hydroxylation is 1. The third kappa shape index (κ3) is 8.02. The zero-order valence-corrected chi connectivity index (χ0v) is 22.2. The minimum atomic E-state index is -3.75. The van der Waals surface area contributed by atoms with Crippen molar-refractivity contribution in [1.82, 2.24) is 10.2 Å². The number of carbonyl (C=O) groups is 2. The number of nitrogens with zero attached hydrogens (tertiary/aromatic N) is 2. The van der Waals surface area contributed by atoms with Crippen LogP contribution in [0, 0.1) is 6.92 Å². The minimum Gasteiger partial charge on any atom is -0.350 e. The van der Waals surface area contributed by atoms with Crippen LogP contribution in [-0.2, 0) is 26.2 Å². The van der Waals surface area contributed by atoms with Gasteiger partial charge in [0.15, 0.2) is 0 Å². The van der Waals surface area contributed by atoms with Crippen molar-refractivity contribution in [1.29, 1.82) is 0 Å². The number of carbonyl (C=O) groups excluding carboxylic acids is 2. The van der Waals surface area contributed by atoms with Crippen LogP contribution in [-0.4, -0.2) is 49.5 Å². The van der Waals surface area contributed by atoms with E-state index in [4.69, 9.17) is 11.6 Å². The van der Waals surface area contributed by atoms with Gasteiger partial charge in [-0.1, -0.05) is 48.4 Å². The molecular formula is C25H34ClN3O4S. The van der Waals surface area contributed by atoms with Crippen molar-refractivity contribution < 1.29 is 18.0 Å². The summed E-state index contributed by atoms with van der Waals surface area (Å²) in [5.41, 5.74) is 1.65. The van der Waals surface area contributed by atoms with Gasteiger partial charge in [-0.3, -0.25) is 13.9 Å². The van der Waals surface area contributed by atoms with Crippen LogP contribution in [0.5, 0.6) is 0 Å². The largest absolute Gasteiger partial charge is 0.350 e. The van der Waals surface area contributed by atoms with Crippen molar-refractivity contribution in [3.05, 3.63) is 64.7 Å². The molecule has 1 N–H and O–H groups in total. The molecule has 7 nitrogen and oxygen atoms in total. The van der Waals surface area contributed by atoms with E-state index < -0.39 is 34.1 Å². The lowest BCUT2D eigenvalue weighted by molar-refractivity contribution is -0.141. The molecule has 0 heterocycles. The summed E-state index contributed by atoms with van der Waals surface area (Å²) < 4.78 is 26.3. The highest BCUT2D eigenvalue weighted by Crippen LogP contribution is 2.21. The lowest BCUT2D eigenvalue weighted by Crippen LogP contribution is -2.55. The summed E-state index contributed by atoms with van der Waals surface area (Å²) in [5, 5.41) is 3.49. The number of amides is 2. The second kappa shape index (κ2) is 11.2. The van der Waals surface area contributed by atoms with Crippen molar-refractivity contribution >= 4 is 39.1 Å². The van der Waals surface area contributed by atoms with Crippen molar-refractivity contribution in [3.63, 3.8) is 0 Å². The van der Waals surface area contributed by atoms with Crippen LogP contribution in [0.15, 0.2) is 48.5 Å². The standard InChI is InChI=1S/C25H34ClN3O4S/c1-7-22(24(31)27-25(3,4)5)28(16-19-10-12-20(26)13-11-19)23(30)17-29(34(6,32)33)21-14-8-18(2)9-15-21/h8-15,22H,7,16-17H2,1-6H3,(H,27,31)/t22-/m1/s1. The molecule has 9 heteroatoms. The number of anilines is 1. The quantitative estimate of drug-likeness (QED) is 0.552. The fraction of sp³-hybridized carbons (Fsp3) is 0.440. The molecule has 2 rings (SSSR count). The van der Waals surface area contributed by atoms with E-state index >= 15 is 0 Å². The SMILES string of the molecule is CC[C@H](C(=O)NC(C)(C)C)N(Cc1ccc(Cl)cc1)C(=O)CN(c1ccc(C)cc1)S(C)(=O)=O. The molecule has 186 valence electrons. The van der Waals surface area contributed by atoms with Gasteiger partial charge >= 0.3 is 0 Å². The Kier molecular flexibility index (Phi) is 9.14. The lowest BCUT2D eigenvalue weighted by Gasteiger charge is -2.34. The Morgan fingerprint density at radius 3 is 2.06 bits per heavy atom. The maximum Gasteiger partial charge on any atom is 0.244 e. The normalized spacial score (nSPS) is 12.7. The predicted molar refractivity (Wildman–Crippen MR) is 137 cm³/mol. The van der Waals surface area contributed by atoms with Crippen LogP contribution >= 0.6 is 11.6 Å². The number of nitrogens with one attached hydrogen (secondary N) is 1. The summed E-state index contributed by atoms with van der Waals surface area (Å²) in [4.78, 5) is 28.1. The molecule has 0 aliphatic carbocycles. The zero-order chi connectivity index (χ0) is 25.7. The van der Waals surface area contributed by atoms with Gasteiger partial charge in [-0.05, 0) is 63.9 Å². The number of benzene rings is 2. The monoisotopic (exact) mass is 507 g/mol. The van der Waals surface area contributed by atoms with Crippen LogP contribution in [0.1, 0.15) is 45.2 Å². The van der Waals surface area contributed by atoms with E-state index in [-0.39, 0.29) is 12.5 Å². The molecule has 2 aromatic rings.